The number of thioether (sulfide) groups is 1. The van der Waals surface area contributed by atoms with Crippen molar-refractivity contribution in [1.29, 1.82) is 0 Å². The van der Waals surface area contributed by atoms with E-state index in [0.29, 0.717) is 26.1 Å². The quantitative estimate of drug-likeness (QED) is 0.429. The molecule has 0 aliphatic carbocycles. The number of hydrogen-bond acceptors (Lipinski definition) is 5. The molecule has 4 heterocycles. The summed E-state index contributed by atoms with van der Waals surface area (Å²) >= 11 is 1.59. The molecule has 2 fully saturated rings. The van der Waals surface area contributed by atoms with Crippen molar-refractivity contribution in [2.75, 3.05) is 31.1 Å². The summed E-state index contributed by atoms with van der Waals surface area (Å²) < 4.78 is -1.57. The summed E-state index contributed by atoms with van der Waals surface area (Å²) in [5.74, 6) is -1.71. The van der Waals surface area contributed by atoms with Crippen molar-refractivity contribution < 1.29 is 19.5 Å². The Kier molecular flexibility index (Phi) is 6.94. The standard InChI is InChI=1S/C35H35N3O4S/c1-34-16-7-18-36(23-24-10-3-2-4-11-24)31(40)28(34)29-32(41)38(20-9-21-39)30-33(42)37(19-8-17-35(29,30)43-34)27-15-14-25-12-5-6-13-26(25)22-27/h2-8,10-17,22,28-30,39H,9,18-21,23H2,1H3/t28-,29+,30?,34+,35+/m1/s1. The molecule has 220 valence electrons. The Labute approximate surface area is 255 Å². The van der Waals surface area contributed by atoms with Crippen LogP contribution in [0, 0.1) is 11.8 Å². The number of rotatable bonds is 6. The predicted molar refractivity (Wildman–Crippen MR) is 169 cm³/mol. The van der Waals surface area contributed by atoms with Gasteiger partial charge in [-0.05, 0) is 41.8 Å². The Hall–Kier alpha value is -3.88. The molecule has 1 N–H and O–H groups in total. The number of carbonyl (C=O) groups is 3. The van der Waals surface area contributed by atoms with Gasteiger partial charge in [0.15, 0.2) is 0 Å². The minimum absolute atomic E-state index is 0.0571. The van der Waals surface area contributed by atoms with Gasteiger partial charge in [-0.15, -0.1) is 11.8 Å². The summed E-state index contributed by atoms with van der Waals surface area (Å²) in [5.41, 5.74) is 1.81. The molecule has 43 heavy (non-hydrogen) atoms. The number of likely N-dealkylation sites (tertiary alicyclic amines) is 1. The van der Waals surface area contributed by atoms with Crippen LogP contribution in [0.1, 0.15) is 18.9 Å². The topological polar surface area (TPSA) is 81.2 Å². The van der Waals surface area contributed by atoms with Crippen LogP contribution in [0.4, 0.5) is 5.69 Å². The molecule has 3 amide bonds. The first-order valence-corrected chi connectivity index (χ1v) is 15.8. The number of aliphatic hydroxyl groups excluding tert-OH is 1. The van der Waals surface area contributed by atoms with Gasteiger partial charge < -0.3 is 19.8 Å². The van der Waals surface area contributed by atoms with Crippen LogP contribution in [0.2, 0.25) is 0 Å². The van der Waals surface area contributed by atoms with E-state index in [9.17, 15) is 19.5 Å². The number of fused-ring (bicyclic) bond motifs is 3. The third-order valence-corrected chi connectivity index (χ3v) is 11.3. The molecule has 5 atom stereocenters. The van der Waals surface area contributed by atoms with Gasteiger partial charge in [-0.25, -0.2) is 0 Å². The zero-order valence-electron chi connectivity index (χ0n) is 24.1. The maximum absolute atomic E-state index is 14.7. The molecule has 4 aliphatic rings. The molecular formula is C35H35N3O4S. The van der Waals surface area contributed by atoms with Gasteiger partial charge in [0.05, 0.1) is 16.6 Å². The van der Waals surface area contributed by atoms with Crippen LogP contribution in [0.5, 0.6) is 0 Å². The van der Waals surface area contributed by atoms with Gasteiger partial charge in [0.2, 0.25) is 11.8 Å². The van der Waals surface area contributed by atoms with Crippen molar-refractivity contribution in [2.45, 2.75) is 35.4 Å². The summed E-state index contributed by atoms with van der Waals surface area (Å²) in [4.78, 5) is 48.9. The molecular weight excluding hydrogens is 558 g/mol. The lowest BCUT2D eigenvalue weighted by Crippen LogP contribution is -2.53. The molecule has 7 nitrogen and oxygen atoms in total. The van der Waals surface area contributed by atoms with Crippen LogP contribution >= 0.6 is 11.8 Å². The van der Waals surface area contributed by atoms with Crippen molar-refractivity contribution in [1.82, 2.24) is 9.80 Å². The van der Waals surface area contributed by atoms with Gasteiger partial charge in [-0.2, -0.15) is 0 Å². The van der Waals surface area contributed by atoms with Gasteiger partial charge in [-0.3, -0.25) is 14.4 Å². The Bertz CT molecular complexity index is 1660. The first kappa shape index (κ1) is 27.9. The zero-order valence-corrected chi connectivity index (χ0v) is 25.0. The normalized spacial score (nSPS) is 30.0. The van der Waals surface area contributed by atoms with E-state index in [4.69, 9.17) is 0 Å². The summed E-state index contributed by atoms with van der Waals surface area (Å²) in [6.45, 7) is 3.50. The van der Waals surface area contributed by atoms with Crippen molar-refractivity contribution >= 4 is 45.9 Å². The number of anilines is 1. The second kappa shape index (κ2) is 10.7. The molecule has 3 aromatic rings. The van der Waals surface area contributed by atoms with Crippen LogP contribution in [0.3, 0.4) is 0 Å². The number of carbonyl (C=O) groups excluding carboxylic acids is 3. The van der Waals surface area contributed by atoms with E-state index in [0.717, 1.165) is 22.0 Å². The summed E-state index contributed by atoms with van der Waals surface area (Å²) in [6.07, 6.45) is 8.54. The highest BCUT2D eigenvalue weighted by Crippen LogP contribution is 2.65. The molecule has 3 aromatic carbocycles. The average Bonchev–Trinajstić information content (AvgIpc) is 3.28. The van der Waals surface area contributed by atoms with E-state index < -0.39 is 27.4 Å². The second-order valence-corrected chi connectivity index (χ2v) is 13.9. The fourth-order valence-electron chi connectivity index (χ4n) is 7.58. The van der Waals surface area contributed by atoms with Crippen LogP contribution in [-0.2, 0) is 20.9 Å². The zero-order chi connectivity index (χ0) is 29.8. The van der Waals surface area contributed by atoms with Gasteiger partial charge in [0.25, 0.3) is 5.91 Å². The highest BCUT2D eigenvalue weighted by Gasteiger charge is 2.73. The largest absolute Gasteiger partial charge is 0.396 e. The van der Waals surface area contributed by atoms with Gasteiger partial charge in [0.1, 0.15) is 6.04 Å². The molecule has 1 spiro atoms. The lowest BCUT2D eigenvalue weighted by molar-refractivity contribution is -0.144. The van der Waals surface area contributed by atoms with E-state index in [1.165, 1.54) is 0 Å². The number of aliphatic hydroxyl groups is 1. The van der Waals surface area contributed by atoms with E-state index in [-0.39, 0.29) is 30.9 Å². The third-order valence-electron chi connectivity index (χ3n) is 9.46. The fraction of sp³-hybridized carbons (Fsp3) is 0.343. The lowest BCUT2D eigenvalue weighted by Gasteiger charge is -2.37. The molecule has 0 bridgehead atoms. The molecule has 2 saturated heterocycles. The summed E-state index contributed by atoms with van der Waals surface area (Å²) in [6, 6.07) is 23.1. The molecule has 7 rings (SSSR count). The third kappa shape index (κ3) is 4.42. The molecule has 0 radical (unpaired) electrons. The molecule has 4 aliphatic heterocycles. The molecule has 8 heteroatoms. The second-order valence-electron chi connectivity index (χ2n) is 12.1. The molecule has 0 saturated carbocycles. The summed E-state index contributed by atoms with van der Waals surface area (Å²) in [7, 11) is 0. The van der Waals surface area contributed by atoms with Crippen molar-refractivity contribution in [3.8, 4) is 0 Å². The Morgan fingerprint density at radius 3 is 2.37 bits per heavy atom. The van der Waals surface area contributed by atoms with Crippen LogP contribution < -0.4 is 4.90 Å². The Balaban J connectivity index is 1.30. The SMILES string of the molecule is C[C@]12C=CCN(Cc3ccccc3)C(=O)[C@H]1[C@H]1C(=O)N(CCCO)C3C(=O)N(c4ccc5ccccc5c4)CC=C[C@@]31S2. The summed E-state index contributed by atoms with van der Waals surface area (Å²) in [5, 5.41) is 11.8. The van der Waals surface area contributed by atoms with E-state index >= 15 is 0 Å². The van der Waals surface area contributed by atoms with Gasteiger partial charge in [-0.1, -0.05) is 85.0 Å². The number of amides is 3. The van der Waals surface area contributed by atoms with Gasteiger partial charge >= 0.3 is 0 Å². The maximum atomic E-state index is 14.7. The monoisotopic (exact) mass is 593 g/mol. The highest BCUT2D eigenvalue weighted by molar-refractivity contribution is 8.02. The number of hydrogen-bond donors (Lipinski definition) is 1. The van der Waals surface area contributed by atoms with Crippen LogP contribution in [-0.4, -0.2) is 74.4 Å². The van der Waals surface area contributed by atoms with E-state index in [1.54, 1.807) is 21.6 Å². The number of nitrogens with zero attached hydrogens (tertiary/aromatic N) is 3. The van der Waals surface area contributed by atoms with Crippen LogP contribution in [0.15, 0.2) is 97.1 Å². The minimum atomic E-state index is -0.912. The minimum Gasteiger partial charge on any atom is -0.396 e. The number of benzene rings is 3. The highest BCUT2D eigenvalue weighted by atomic mass is 32.2. The van der Waals surface area contributed by atoms with Crippen molar-refractivity contribution in [2.24, 2.45) is 11.8 Å². The average molecular weight is 594 g/mol. The van der Waals surface area contributed by atoms with Crippen molar-refractivity contribution in [3.05, 3.63) is 103 Å². The predicted octanol–water partition coefficient (Wildman–Crippen LogP) is 4.41. The Morgan fingerprint density at radius 2 is 1.58 bits per heavy atom. The van der Waals surface area contributed by atoms with Crippen molar-refractivity contribution in [3.63, 3.8) is 0 Å². The fourth-order valence-corrected chi connectivity index (χ4v) is 9.73. The van der Waals surface area contributed by atoms with E-state index in [1.807, 2.05) is 103 Å². The first-order chi connectivity index (χ1) is 20.9. The van der Waals surface area contributed by atoms with Gasteiger partial charge in [0, 0.05) is 43.2 Å². The lowest BCUT2D eigenvalue weighted by atomic mass is 9.74. The maximum Gasteiger partial charge on any atom is 0.251 e. The Morgan fingerprint density at radius 1 is 0.837 bits per heavy atom. The smallest absolute Gasteiger partial charge is 0.251 e. The first-order valence-electron chi connectivity index (χ1n) is 15.0. The molecule has 0 aromatic heterocycles. The van der Waals surface area contributed by atoms with E-state index in [2.05, 4.69) is 6.08 Å². The van der Waals surface area contributed by atoms with Crippen LogP contribution in [0.25, 0.3) is 10.8 Å². The molecule has 1 unspecified atom stereocenters.